The highest BCUT2D eigenvalue weighted by molar-refractivity contribution is 9.12. The van der Waals surface area contributed by atoms with Gasteiger partial charge in [-0.25, -0.2) is 0 Å². The Balaban J connectivity index is 1.41. The van der Waals surface area contributed by atoms with Gasteiger partial charge < -0.3 is 4.90 Å². The molecule has 0 atom stereocenters. The van der Waals surface area contributed by atoms with Crippen LogP contribution in [-0.4, -0.2) is 0 Å². The monoisotopic (exact) mass is 591 g/mol. The van der Waals surface area contributed by atoms with E-state index >= 15 is 0 Å². The van der Waals surface area contributed by atoms with Crippen molar-refractivity contribution in [2.75, 3.05) is 4.90 Å². The SMILES string of the molecule is Brc1cc(/C=C/c2ccc(-c3ccc(N(c4ccccc4)c4ccccc4)cc3)s2)c(Br)s1. The van der Waals surface area contributed by atoms with Crippen LogP contribution >= 0.6 is 54.5 Å². The molecular formula is C28H19Br2NS2. The van der Waals surface area contributed by atoms with Crippen molar-refractivity contribution in [3.05, 3.63) is 121 Å². The molecule has 162 valence electrons. The molecule has 0 saturated carbocycles. The van der Waals surface area contributed by atoms with Gasteiger partial charge in [-0.1, -0.05) is 54.6 Å². The average molecular weight is 593 g/mol. The van der Waals surface area contributed by atoms with Gasteiger partial charge in [-0.3, -0.25) is 0 Å². The molecule has 0 unspecified atom stereocenters. The summed E-state index contributed by atoms with van der Waals surface area (Å²) in [7, 11) is 0. The Labute approximate surface area is 218 Å². The van der Waals surface area contributed by atoms with E-state index < -0.39 is 0 Å². The number of anilines is 3. The summed E-state index contributed by atoms with van der Waals surface area (Å²) in [5.74, 6) is 0. The summed E-state index contributed by atoms with van der Waals surface area (Å²) in [6.07, 6.45) is 4.33. The maximum atomic E-state index is 3.62. The van der Waals surface area contributed by atoms with E-state index in [0.717, 1.165) is 24.6 Å². The number of thiophene rings is 2. The molecule has 0 N–H and O–H groups in total. The summed E-state index contributed by atoms with van der Waals surface area (Å²) in [4.78, 5) is 4.78. The van der Waals surface area contributed by atoms with Gasteiger partial charge in [-0.15, -0.1) is 22.7 Å². The van der Waals surface area contributed by atoms with Crippen LogP contribution in [0.5, 0.6) is 0 Å². The lowest BCUT2D eigenvalue weighted by Gasteiger charge is -2.25. The first kappa shape index (κ1) is 22.4. The first-order chi connectivity index (χ1) is 16.2. The van der Waals surface area contributed by atoms with Crippen molar-refractivity contribution in [3.63, 3.8) is 0 Å². The summed E-state index contributed by atoms with van der Waals surface area (Å²) >= 11 is 10.7. The van der Waals surface area contributed by atoms with Crippen molar-refractivity contribution in [1.29, 1.82) is 0 Å². The molecule has 5 aromatic rings. The molecule has 3 aromatic carbocycles. The van der Waals surface area contributed by atoms with Crippen LogP contribution in [0.3, 0.4) is 0 Å². The number of rotatable bonds is 6. The maximum absolute atomic E-state index is 3.62. The summed E-state index contributed by atoms with van der Waals surface area (Å²) in [6.45, 7) is 0. The second-order valence-electron chi connectivity index (χ2n) is 7.37. The molecule has 0 fully saturated rings. The fraction of sp³-hybridized carbons (Fsp3) is 0. The molecule has 0 bridgehead atoms. The lowest BCUT2D eigenvalue weighted by molar-refractivity contribution is 1.28. The number of halogens is 2. The number of benzene rings is 3. The molecule has 0 spiro atoms. The molecule has 33 heavy (non-hydrogen) atoms. The Bertz CT molecular complexity index is 1330. The lowest BCUT2D eigenvalue weighted by atomic mass is 10.1. The minimum absolute atomic E-state index is 1.13. The van der Waals surface area contributed by atoms with Gasteiger partial charge in [0.2, 0.25) is 0 Å². The molecule has 1 nitrogen and oxygen atoms in total. The van der Waals surface area contributed by atoms with Crippen molar-refractivity contribution >= 4 is 83.7 Å². The smallest absolute Gasteiger partial charge is 0.0782 e. The maximum Gasteiger partial charge on any atom is 0.0782 e. The predicted molar refractivity (Wildman–Crippen MR) is 153 cm³/mol. The average Bonchev–Trinajstić information content (AvgIpc) is 3.45. The van der Waals surface area contributed by atoms with Crippen LogP contribution in [0.25, 0.3) is 22.6 Å². The number of hydrogen-bond donors (Lipinski definition) is 0. The number of para-hydroxylation sites is 2. The van der Waals surface area contributed by atoms with E-state index in [0.29, 0.717) is 0 Å². The minimum Gasteiger partial charge on any atom is -0.311 e. The standard InChI is InChI=1S/C28H19Br2NS2/c29-27-19-21(28(30)33-27)13-16-25-17-18-26(32-25)20-11-14-24(15-12-20)31(22-7-3-1-4-8-22)23-9-5-2-6-10-23/h1-19H/b16-13+. The van der Waals surface area contributed by atoms with E-state index in [4.69, 9.17) is 0 Å². The largest absolute Gasteiger partial charge is 0.311 e. The van der Waals surface area contributed by atoms with Gasteiger partial charge in [0.1, 0.15) is 0 Å². The second kappa shape index (κ2) is 10.2. The number of hydrogen-bond acceptors (Lipinski definition) is 3. The van der Waals surface area contributed by atoms with Crippen molar-refractivity contribution in [2.45, 2.75) is 0 Å². The zero-order valence-electron chi connectivity index (χ0n) is 17.5. The quantitative estimate of drug-likeness (QED) is 0.189. The van der Waals surface area contributed by atoms with Gasteiger partial charge >= 0.3 is 0 Å². The van der Waals surface area contributed by atoms with Crippen LogP contribution in [0.1, 0.15) is 10.4 Å². The van der Waals surface area contributed by atoms with Gasteiger partial charge in [0.25, 0.3) is 0 Å². The number of nitrogens with zero attached hydrogens (tertiary/aromatic N) is 1. The molecular weight excluding hydrogens is 574 g/mol. The van der Waals surface area contributed by atoms with Crippen LogP contribution in [0, 0.1) is 0 Å². The first-order valence-corrected chi connectivity index (χ1v) is 13.6. The van der Waals surface area contributed by atoms with Gasteiger partial charge in [0, 0.05) is 32.4 Å². The van der Waals surface area contributed by atoms with Crippen LogP contribution in [0.2, 0.25) is 0 Å². The van der Waals surface area contributed by atoms with E-state index in [1.807, 2.05) is 0 Å². The summed E-state index contributed by atoms with van der Waals surface area (Å²) in [5.41, 5.74) is 5.84. The van der Waals surface area contributed by atoms with Crippen LogP contribution in [-0.2, 0) is 0 Å². The third-order valence-corrected chi connectivity index (χ3v) is 8.66. The molecule has 0 radical (unpaired) electrons. The predicted octanol–water partition coefficient (Wildman–Crippen LogP) is 10.6. The Hall–Kier alpha value is -2.44. The van der Waals surface area contributed by atoms with Crippen LogP contribution in [0.4, 0.5) is 17.1 Å². The highest BCUT2D eigenvalue weighted by Gasteiger charge is 2.12. The van der Waals surface area contributed by atoms with Crippen molar-refractivity contribution in [2.24, 2.45) is 0 Å². The Kier molecular flexibility index (Phi) is 6.93. The van der Waals surface area contributed by atoms with Gasteiger partial charge in [0.05, 0.1) is 7.57 Å². The van der Waals surface area contributed by atoms with Crippen molar-refractivity contribution in [3.8, 4) is 10.4 Å². The van der Waals surface area contributed by atoms with E-state index in [1.54, 1.807) is 22.7 Å². The molecule has 2 heterocycles. The zero-order chi connectivity index (χ0) is 22.6. The van der Waals surface area contributed by atoms with Crippen molar-refractivity contribution < 1.29 is 0 Å². The molecule has 0 aliphatic carbocycles. The van der Waals surface area contributed by atoms with Gasteiger partial charge in [-0.05, 0) is 98.1 Å². The van der Waals surface area contributed by atoms with E-state index in [1.165, 1.54) is 20.9 Å². The minimum atomic E-state index is 1.13. The molecule has 5 rings (SSSR count). The topological polar surface area (TPSA) is 3.24 Å². The summed E-state index contributed by atoms with van der Waals surface area (Å²) in [6, 6.07) is 36.3. The Morgan fingerprint density at radius 3 is 1.79 bits per heavy atom. The van der Waals surface area contributed by atoms with E-state index in [2.05, 4.69) is 152 Å². The normalized spacial score (nSPS) is 11.2. The molecule has 0 saturated heterocycles. The van der Waals surface area contributed by atoms with Crippen LogP contribution < -0.4 is 4.90 Å². The zero-order valence-corrected chi connectivity index (χ0v) is 22.3. The lowest BCUT2D eigenvalue weighted by Crippen LogP contribution is -2.09. The fourth-order valence-corrected chi connectivity index (χ4v) is 7.28. The van der Waals surface area contributed by atoms with E-state index in [9.17, 15) is 0 Å². The first-order valence-electron chi connectivity index (χ1n) is 10.4. The Morgan fingerprint density at radius 2 is 1.21 bits per heavy atom. The molecule has 5 heteroatoms. The van der Waals surface area contributed by atoms with Crippen LogP contribution in [0.15, 0.2) is 111 Å². The molecule has 2 aromatic heterocycles. The van der Waals surface area contributed by atoms with Crippen molar-refractivity contribution in [1.82, 2.24) is 0 Å². The second-order valence-corrected chi connectivity index (χ2v) is 12.2. The molecule has 0 aliphatic rings. The summed E-state index contributed by atoms with van der Waals surface area (Å²) < 4.78 is 2.26. The summed E-state index contributed by atoms with van der Waals surface area (Å²) in [5, 5.41) is 0. The van der Waals surface area contributed by atoms with Gasteiger partial charge in [-0.2, -0.15) is 0 Å². The van der Waals surface area contributed by atoms with Gasteiger partial charge in [0.15, 0.2) is 0 Å². The third-order valence-electron chi connectivity index (χ3n) is 5.18. The molecule has 0 aliphatic heterocycles. The third kappa shape index (κ3) is 5.22. The highest BCUT2D eigenvalue weighted by Crippen LogP contribution is 2.37. The highest BCUT2D eigenvalue weighted by atomic mass is 79.9. The van der Waals surface area contributed by atoms with E-state index in [-0.39, 0.29) is 0 Å². The fourth-order valence-electron chi connectivity index (χ4n) is 3.61. The Morgan fingerprint density at radius 1 is 0.606 bits per heavy atom. The molecule has 0 amide bonds.